The third-order valence-corrected chi connectivity index (χ3v) is 3.10. The molecule has 4 heteroatoms. The van der Waals surface area contributed by atoms with Crippen LogP contribution in [0.4, 0.5) is 4.53 Å². The van der Waals surface area contributed by atoms with E-state index >= 15 is 0 Å². The minimum atomic E-state index is -0.984. The third kappa shape index (κ3) is 4.53. The van der Waals surface area contributed by atoms with Crippen molar-refractivity contribution < 1.29 is 14.3 Å². The Labute approximate surface area is 123 Å². The van der Waals surface area contributed by atoms with Gasteiger partial charge in [0.05, 0.1) is 0 Å². The van der Waals surface area contributed by atoms with Gasteiger partial charge in [0.25, 0.3) is 0 Å². The van der Waals surface area contributed by atoms with Gasteiger partial charge >= 0.3 is 5.97 Å². The molecule has 2 rings (SSSR count). The van der Waals surface area contributed by atoms with Gasteiger partial charge in [-0.3, -0.25) is 9.93 Å². The van der Waals surface area contributed by atoms with Gasteiger partial charge in [-0.15, -0.1) is 0 Å². The second-order valence-electron chi connectivity index (χ2n) is 4.79. The van der Waals surface area contributed by atoms with E-state index in [1.54, 1.807) is 6.21 Å². The van der Waals surface area contributed by atoms with Crippen molar-refractivity contribution in [2.24, 2.45) is 4.99 Å². The fourth-order valence-electron chi connectivity index (χ4n) is 1.91. The van der Waals surface area contributed by atoms with E-state index in [0.717, 1.165) is 16.7 Å². The number of benzene rings is 2. The summed E-state index contributed by atoms with van der Waals surface area (Å²) in [7, 11) is 0. The molecule has 0 heterocycles. The lowest BCUT2D eigenvalue weighted by Crippen LogP contribution is -2.22. The molecule has 1 atom stereocenters. The molecule has 2 aromatic carbocycles. The Hall–Kier alpha value is -2.49. The maximum Gasteiger partial charge on any atom is 0.373 e. The fraction of sp³-hybridized carbons (Fsp3) is 0.176. The first kappa shape index (κ1) is 14.9. The second kappa shape index (κ2) is 7.33. The third-order valence-electron chi connectivity index (χ3n) is 3.10. The Bertz CT molecular complexity index is 608. The summed E-state index contributed by atoms with van der Waals surface area (Å²) in [5, 5.41) is 0. The lowest BCUT2D eigenvalue weighted by Gasteiger charge is -2.08. The number of hydrogen-bond donors (Lipinski definition) is 0. The van der Waals surface area contributed by atoms with Crippen LogP contribution in [-0.2, 0) is 16.2 Å². The molecule has 2 aromatic rings. The minimum Gasteiger partial charge on any atom is -0.277 e. The van der Waals surface area contributed by atoms with Crippen molar-refractivity contribution in [1.29, 1.82) is 0 Å². The van der Waals surface area contributed by atoms with Crippen LogP contribution >= 0.6 is 0 Å². The average Bonchev–Trinajstić information content (AvgIpc) is 2.53. The Morgan fingerprint density at radius 1 is 1.19 bits per heavy atom. The number of rotatable bonds is 5. The van der Waals surface area contributed by atoms with Gasteiger partial charge in [0, 0.05) is 17.2 Å². The van der Waals surface area contributed by atoms with E-state index in [2.05, 4.69) is 9.93 Å². The monoisotopic (exact) mass is 285 g/mol. The maximum absolute atomic E-state index is 12.2. The molecular weight excluding hydrogens is 269 g/mol. The first-order valence-corrected chi connectivity index (χ1v) is 6.65. The lowest BCUT2D eigenvalue weighted by atomic mass is 10.1. The summed E-state index contributed by atoms with van der Waals surface area (Å²) in [5.41, 5.74) is 2.88. The molecule has 0 fully saturated rings. The fourth-order valence-corrected chi connectivity index (χ4v) is 1.91. The highest BCUT2D eigenvalue weighted by atomic mass is 19.3. The molecule has 0 aliphatic carbocycles. The van der Waals surface area contributed by atoms with Crippen molar-refractivity contribution in [3.05, 3.63) is 71.3 Å². The molecule has 0 bridgehead atoms. The van der Waals surface area contributed by atoms with Crippen LogP contribution in [0, 0.1) is 6.92 Å². The Morgan fingerprint density at radius 2 is 1.86 bits per heavy atom. The molecule has 108 valence electrons. The van der Waals surface area contributed by atoms with E-state index in [9.17, 15) is 9.32 Å². The molecule has 0 N–H and O–H groups in total. The lowest BCUT2D eigenvalue weighted by molar-refractivity contribution is -0.185. The maximum atomic E-state index is 12.2. The van der Waals surface area contributed by atoms with Gasteiger partial charge in [-0.2, -0.15) is 0 Å². The Morgan fingerprint density at radius 3 is 2.48 bits per heavy atom. The predicted octanol–water partition coefficient (Wildman–Crippen LogP) is 3.45. The summed E-state index contributed by atoms with van der Waals surface area (Å²) in [6.45, 7) is 1.99. The van der Waals surface area contributed by atoms with Gasteiger partial charge in [-0.25, -0.2) is 4.79 Å². The Kier molecular flexibility index (Phi) is 5.21. The highest BCUT2D eigenvalue weighted by molar-refractivity contribution is 5.84. The molecule has 1 unspecified atom stereocenters. The quantitative estimate of drug-likeness (QED) is 0.789. The average molecular weight is 285 g/mol. The minimum absolute atomic E-state index is 0.298. The SMILES string of the molecule is Cc1ccc(C=NC(Cc2ccccc2)C(=O)OF)cc1. The van der Waals surface area contributed by atoms with Crippen LogP contribution < -0.4 is 0 Å². The number of halogens is 1. The first-order valence-electron chi connectivity index (χ1n) is 6.65. The summed E-state index contributed by atoms with van der Waals surface area (Å²) < 4.78 is 12.2. The Balaban J connectivity index is 2.13. The zero-order chi connectivity index (χ0) is 15.1. The normalized spacial score (nSPS) is 12.3. The van der Waals surface area contributed by atoms with Crippen LogP contribution in [-0.4, -0.2) is 18.2 Å². The predicted molar refractivity (Wildman–Crippen MR) is 79.9 cm³/mol. The topological polar surface area (TPSA) is 38.7 Å². The molecule has 0 radical (unpaired) electrons. The van der Waals surface area contributed by atoms with Crippen LogP contribution in [0.2, 0.25) is 0 Å². The molecule has 0 amide bonds. The molecule has 21 heavy (non-hydrogen) atoms. The number of carbonyl (C=O) groups is 1. The van der Waals surface area contributed by atoms with Gasteiger partial charge in [-0.1, -0.05) is 60.2 Å². The summed E-state index contributed by atoms with van der Waals surface area (Å²) in [5.74, 6) is -0.984. The summed E-state index contributed by atoms with van der Waals surface area (Å²) in [6, 6.07) is 16.1. The van der Waals surface area contributed by atoms with Crippen LogP contribution in [0.3, 0.4) is 0 Å². The van der Waals surface area contributed by atoms with Crippen LogP contribution in [0.25, 0.3) is 0 Å². The summed E-state index contributed by atoms with van der Waals surface area (Å²) >= 11 is 0. The van der Waals surface area contributed by atoms with Gasteiger partial charge in [0.1, 0.15) is 0 Å². The van der Waals surface area contributed by atoms with Gasteiger partial charge in [-0.05, 0) is 18.1 Å². The van der Waals surface area contributed by atoms with Gasteiger partial charge in [0.15, 0.2) is 6.04 Å². The van der Waals surface area contributed by atoms with E-state index in [-0.39, 0.29) is 0 Å². The molecule has 0 aliphatic heterocycles. The van der Waals surface area contributed by atoms with Crippen LogP contribution in [0.1, 0.15) is 16.7 Å². The van der Waals surface area contributed by atoms with Crippen molar-refractivity contribution in [2.45, 2.75) is 19.4 Å². The van der Waals surface area contributed by atoms with Crippen molar-refractivity contribution in [2.75, 3.05) is 0 Å². The number of aliphatic imine (C=N–C) groups is 1. The molecule has 0 saturated carbocycles. The standard InChI is InChI=1S/C17H16FNO2/c1-13-7-9-15(10-8-13)12-19-16(17(20)21-18)11-14-5-3-2-4-6-14/h2-10,12,16H,11H2,1H3. The molecule has 0 spiro atoms. The zero-order valence-corrected chi connectivity index (χ0v) is 11.7. The van der Waals surface area contributed by atoms with E-state index in [4.69, 9.17) is 0 Å². The zero-order valence-electron chi connectivity index (χ0n) is 11.7. The van der Waals surface area contributed by atoms with E-state index in [1.165, 1.54) is 0 Å². The van der Waals surface area contributed by atoms with E-state index < -0.39 is 12.0 Å². The van der Waals surface area contributed by atoms with Gasteiger partial charge < -0.3 is 0 Å². The van der Waals surface area contributed by atoms with E-state index in [1.807, 2.05) is 61.5 Å². The van der Waals surface area contributed by atoms with Crippen molar-refractivity contribution in [3.8, 4) is 0 Å². The molecule has 0 saturated heterocycles. The summed E-state index contributed by atoms with van der Waals surface area (Å²) in [6.07, 6.45) is 1.86. The van der Waals surface area contributed by atoms with Crippen LogP contribution in [0.5, 0.6) is 0 Å². The highest BCUT2D eigenvalue weighted by Crippen LogP contribution is 2.09. The van der Waals surface area contributed by atoms with Crippen molar-refractivity contribution in [1.82, 2.24) is 0 Å². The van der Waals surface area contributed by atoms with Crippen molar-refractivity contribution >= 4 is 12.2 Å². The highest BCUT2D eigenvalue weighted by Gasteiger charge is 2.20. The van der Waals surface area contributed by atoms with E-state index in [0.29, 0.717) is 6.42 Å². The second-order valence-corrected chi connectivity index (χ2v) is 4.79. The molecular formula is C17H16FNO2. The summed E-state index contributed by atoms with van der Waals surface area (Å²) in [4.78, 5) is 19.0. The number of aryl methyl sites for hydroxylation is 1. The number of nitrogens with zero attached hydrogens (tertiary/aromatic N) is 1. The first-order chi connectivity index (χ1) is 10.2. The van der Waals surface area contributed by atoms with Crippen molar-refractivity contribution in [3.63, 3.8) is 0 Å². The van der Waals surface area contributed by atoms with Gasteiger partial charge in [0.2, 0.25) is 0 Å². The van der Waals surface area contributed by atoms with Crippen LogP contribution in [0.15, 0.2) is 59.6 Å². The smallest absolute Gasteiger partial charge is 0.277 e. The largest absolute Gasteiger partial charge is 0.373 e. The molecule has 0 aliphatic rings. The number of carbonyl (C=O) groups excluding carboxylic acids is 1. The number of hydrogen-bond acceptors (Lipinski definition) is 3. The molecule has 3 nitrogen and oxygen atoms in total. The molecule has 0 aromatic heterocycles.